The normalized spacial score (nSPS) is 11.6. The van der Waals surface area contributed by atoms with Crippen LogP contribution in [0.25, 0.3) is 11.4 Å². The number of aryl methyl sites for hydroxylation is 1. The van der Waals surface area contributed by atoms with E-state index in [1.165, 1.54) is 18.4 Å². The molecule has 0 unspecified atom stereocenters. The monoisotopic (exact) mass is 397 g/mol. The van der Waals surface area contributed by atoms with Crippen LogP contribution in [0.3, 0.4) is 0 Å². The maximum atomic E-state index is 12.2. The number of pyridine rings is 1. The number of hydrogen-bond donors (Lipinski definition) is 1. The lowest BCUT2D eigenvalue weighted by Gasteiger charge is -2.14. The smallest absolute Gasteiger partial charge is 0.242 e. The van der Waals surface area contributed by atoms with Gasteiger partial charge in [-0.2, -0.15) is 0 Å². The van der Waals surface area contributed by atoms with E-state index in [2.05, 4.69) is 20.3 Å². The molecule has 0 spiro atoms. The SMILES string of the molecule is Cc1nc(-c2cccnc2)nc(NCc2ccc(S(=O)(=O)N(C)C)cc2)c1C. The predicted octanol–water partition coefficient (Wildman–Crippen LogP) is 3.02. The van der Waals surface area contributed by atoms with Crippen LogP contribution in [-0.2, 0) is 16.6 Å². The molecule has 146 valence electrons. The Bertz CT molecular complexity index is 1070. The number of hydrogen-bond acceptors (Lipinski definition) is 6. The van der Waals surface area contributed by atoms with E-state index in [1.54, 1.807) is 36.7 Å². The van der Waals surface area contributed by atoms with Crippen LogP contribution in [-0.4, -0.2) is 41.8 Å². The molecule has 0 aliphatic heterocycles. The minimum Gasteiger partial charge on any atom is -0.366 e. The van der Waals surface area contributed by atoms with E-state index in [4.69, 9.17) is 0 Å². The van der Waals surface area contributed by atoms with Crippen LogP contribution in [0, 0.1) is 13.8 Å². The Morgan fingerprint density at radius 2 is 1.75 bits per heavy atom. The Hall–Kier alpha value is -2.84. The van der Waals surface area contributed by atoms with Crippen molar-refractivity contribution in [3.63, 3.8) is 0 Å². The molecule has 0 aliphatic carbocycles. The van der Waals surface area contributed by atoms with E-state index in [1.807, 2.05) is 26.0 Å². The lowest BCUT2D eigenvalue weighted by molar-refractivity contribution is 0.520. The van der Waals surface area contributed by atoms with Gasteiger partial charge in [-0.3, -0.25) is 4.98 Å². The summed E-state index contributed by atoms with van der Waals surface area (Å²) in [6.07, 6.45) is 3.45. The molecule has 1 aromatic carbocycles. The molecule has 8 heteroatoms. The van der Waals surface area contributed by atoms with Crippen molar-refractivity contribution in [2.45, 2.75) is 25.3 Å². The third-order valence-corrected chi connectivity index (χ3v) is 6.30. The number of sulfonamides is 1. The van der Waals surface area contributed by atoms with Crippen molar-refractivity contribution in [3.8, 4) is 11.4 Å². The van der Waals surface area contributed by atoms with E-state index in [0.29, 0.717) is 12.4 Å². The van der Waals surface area contributed by atoms with Gasteiger partial charge in [0.2, 0.25) is 10.0 Å². The third kappa shape index (κ3) is 4.18. The summed E-state index contributed by atoms with van der Waals surface area (Å²) in [6, 6.07) is 10.6. The van der Waals surface area contributed by atoms with E-state index in [-0.39, 0.29) is 4.90 Å². The van der Waals surface area contributed by atoms with Crippen LogP contribution in [0.1, 0.15) is 16.8 Å². The number of nitrogens with one attached hydrogen (secondary N) is 1. The molecule has 0 atom stereocenters. The Kier molecular flexibility index (Phi) is 5.71. The summed E-state index contributed by atoms with van der Waals surface area (Å²) in [7, 11) is -0.386. The van der Waals surface area contributed by atoms with Gasteiger partial charge >= 0.3 is 0 Å². The second-order valence-electron chi connectivity index (χ2n) is 6.63. The molecule has 0 bridgehead atoms. The molecule has 0 fully saturated rings. The molecule has 1 N–H and O–H groups in total. The second-order valence-corrected chi connectivity index (χ2v) is 8.78. The van der Waals surface area contributed by atoms with Crippen molar-refractivity contribution < 1.29 is 8.42 Å². The summed E-state index contributed by atoms with van der Waals surface area (Å²) in [5.41, 5.74) is 3.67. The molecule has 0 saturated heterocycles. The van der Waals surface area contributed by atoms with Crippen LogP contribution >= 0.6 is 0 Å². The summed E-state index contributed by atoms with van der Waals surface area (Å²) < 4.78 is 25.5. The molecule has 0 amide bonds. The second kappa shape index (κ2) is 8.04. The van der Waals surface area contributed by atoms with E-state index in [9.17, 15) is 8.42 Å². The molecule has 2 heterocycles. The highest BCUT2D eigenvalue weighted by Crippen LogP contribution is 2.22. The first-order valence-electron chi connectivity index (χ1n) is 8.80. The van der Waals surface area contributed by atoms with Gasteiger partial charge < -0.3 is 5.32 Å². The Morgan fingerprint density at radius 3 is 2.36 bits per heavy atom. The minimum absolute atomic E-state index is 0.272. The van der Waals surface area contributed by atoms with Gasteiger partial charge in [0.05, 0.1) is 4.90 Å². The highest BCUT2D eigenvalue weighted by Gasteiger charge is 2.16. The van der Waals surface area contributed by atoms with Crippen LogP contribution < -0.4 is 5.32 Å². The van der Waals surface area contributed by atoms with Gasteiger partial charge in [-0.15, -0.1) is 0 Å². The average Bonchev–Trinajstić information content (AvgIpc) is 2.70. The van der Waals surface area contributed by atoms with Gasteiger partial charge in [-0.25, -0.2) is 22.7 Å². The zero-order chi connectivity index (χ0) is 20.3. The van der Waals surface area contributed by atoms with Gasteiger partial charge in [0.1, 0.15) is 5.82 Å². The molecule has 2 aromatic heterocycles. The van der Waals surface area contributed by atoms with Gasteiger partial charge in [0, 0.05) is 49.9 Å². The van der Waals surface area contributed by atoms with Gasteiger partial charge in [0.25, 0.3) is 0 Å². The molecule has 0 aliphatic rings. The number of anilines is 1. The Morgan fingerprint density at radius 1 is 1.04 bits per heavy atom. The fourth-order valence-electron chi connectivity index (χ4n) is 2.60. The lowest BCUT2D eigenvalue weighted by Crippen LogP contribution is -2.22. The summed E-state index contributed by atoms with van der Waals surface area (Å²) in [5, 5.41) is 3.33. The number of aromatic nitrogens is 3. The first kappa shape index (κ1) is 19.9. The highest BCUT2D eigenvalue weighted by atomic mass is 32.2. The van der Waals surface area contributed by atoms with Crippen molar-refractivity contribution >= 4 is 15.8 Å². The fourth-order valence-corrected chi connectivity index (χ4v) is 3.50. The molecule has 0 saturated carbocycles. The Balaban J connectivity index is 1.80. The largest absolute Gasteiger partial charge is 0.366 e. The zero-order valence-electron chi connectivity index (χ0n) is 16.3. The molecule has 28 heavy (non-hydrogen) atoms. The predicted molar refractivity (Wildman–Crippen MR) is 109 cm³/mol. The van der Waals surface area contributed by atoms with Crippen LogP contribution in [0.5, 0.6) is 0 Å². The maximum Gasteiger partial charge on any atom is 0.242 e. The average molecular weight is 398 g/mol. The standard InChI is InChI=1S/C20H23N5O2S/c1-14-15(2)23-20(17-6-5-11-21-13-17)24-19(14)22-12-16-7-9-18(10-8-16)28(26,27)25(3)4/h5-11,13H,12H2,1-4H3,(H,22,23,24). The van der Waals surface area contributed by atoms with Gasteiger partial charge in [-0.1, -0.05) is 12.1 Å². The van der Waals surface area contributed by atoms with Crippen LogP contribution in [0.2, 0.25) is 0 Å². The number of rotatable bonds is 6. The molecule has 7 nitrogen and oxygen atoms in total. The topological polar surface area (TPSA) is 88.1 Å². The Labute approximate surface area is 165 Å². The summed E-state index contributed by atoms with van der Waals surface area (Å²) in [4.78, 5) is 13.6. The molecule has 3 aromatic rings. The minimum atomic E-state index is -3.42. The van der Waals surface area contributed by atoms with Crippen LogP contribution in [0.15, 0.2) is 53.7 Å². The van der Waals surface area contributed by atoms with Crippen molar-refractivity contribution in [2.75, 3.05) is 19.4 Å². The maximum absolute atomic E-state index is 12.2. The van der Waals surface area contributed by atoms with Crippen molar-refractivity contribution in [3.05, 3.63) is 65.6 Å². The lowest BCUT2D eigenvalue weighted by atomic mass is 10.2. The summed E-state index contributed by atoms with van der Waals surface area (Å²) >= 11 is 0. The van der Waals surface area contributed by atoms with E-state index < -0.39 is 10.0 Å². The van der Waals surface area contributed by atoms with E-state index >= 15 is 0 Å². The molecule has 3 rings (SSSR count). The van der Waals surface area contributed by atoms with E-state index in [0.717, 1.165) is 28.2 Å². The van der Waals surface area contributed by atoms with Crippen molar-refractivity contribution in [1.29, 1.82) is 0 Å². The first-order chi connectivity index (χ1) is 13.3. The van der Waals surface area contributed by atoms with Crippen molar-refractivity contribution in [2.24, 2.45) is 0 Å². The van der Waals surface area contributed by atoms with Gasteiger partial charge in [-0.05, 0) is 43.7 Å². The third-order valence-electron chi connectivity index (χ3n) is 4.47. The summed E-state index contributed by atoms with van der Waals surface area (Å²) in [5.74, 6) is 1.36. The zero-order valence-corrected chi connectivity index (χ0v) is 17.2. The number of benzene rings is 1. The molecular formula is C20H23N5O2S. The quantitative estimate of drug-likeness (QED) is 0.688. The van der Waals surface area contributed by atoms with Gasteiger partial charge in [0.15, 0.2) is 5.82 Å². The molecular weight excluding hydrogens is 374 g/mol. The summed E-state index contributed by atoms with van der Waals surface area (Å²) in [6.45, 7) is 4.44. The highest BCUT2D eigenvalue weighted by molar-refractivity contribution is 7.89. The van der Waals surface area contributed by atoms with Crippen molar-refractivity contribution in [1.82, 2.24) is 19.3 Å². The van der Waals surface area contributed by atoms with Crippen LogP contribution in [0.4, 0.5) is 5.82 Å². The fraction of sp³-hybridized carbons (Fsp3) is 0.250. The number of nitrogens with zero attached hydrogens (tertiary/aromatic N) is 4. The molecule has 0 radical (unpaired) electrons. The first-order valence-corrected chi connectivity index (χ1v) is 10.2.